The average Bonchev–Trinajstić information content (AvgIpc) is 2.97. The van der Waals surface area contributed by atoms with Crippen molar-refractivity contribution in [2.45, 2.75) is 71.5 Å². The first-order chi connectivity index (χ1) is 14.9. The van der Waals surface area contributed by atoms with Crippen LogP contribution in [0.1, 0.15) is 59.8 Å². The van der Waals surface area contributed by atoms with Gasteiger partial charge in [0.15, 0.2) is 12.4 Å². The first kappa shape index (κ1) is 22.9. The zero-order valence-electron chi connectivity index (χ0n) is 19.2. The number of allylic oxidation sites excluding steroid dienone is 4. The second-order valence-electron chi connectivity index (χ2n) is 10.4. The Kier molecular flexibility index (Phi) is 5.47. The van der Waals surface area contributed by atoms with Gasteiger partial charge in [0.25, 0.3) is 0 Å². The van der Waals surface area contributed by atoms with Crippen molar-refractivity contribution in [3.8, 4) is 0 Å². The number of esters is 2. The summed E-state index contributed by atoms with van der Waals surface area (Å²) < 4.78 is 10.8. The van der Waals surface area contributed by atoms with Crippen molar-refractivity contribution in [3.63, 3.8) is 0 Å². The second-order valence-corrected chi connectivity index (χ2v) is 10.4. The molecule has 4 rings (SSSR count). The molecule has 174 valence electrons. The summed E-state index contributed by atoms with van der Waals surface area (Å²) in [5.74, 6) is -1.36. The van der Waals surface area contributed by atoms with Crippen molar-refractivity contribution in [2.24, 2.45) is 28.6 Å². The van der Waals surface area contributed by atoms with E-state index in [0.29, 0.717) is 12.8 Å². The first-order valence-electron chi connectivity index (χ1n) is 11.4. The van der Waals surface area contributed by atoms with Crippen molar-refractivity contribution in [3.05, 3.63) is 23.8 Å². The molecular formula is C25H32O7. The van der Waals surface area contributed by atoms with Gasteiger partial charge in [0.1, 0.15) is 11.7 Å². The van der Waals surface area contributed by atoms with E-state index in [-0.39, 0.29) is 30.0 Å². The summed E-state index contributed by atoms with van der Waals surface area (Å²) in [5, 5.41) is 11.6. The maximum Gasteiger partial charge on any atom is 0.303 e. The van der Waals surface area contributed by atoms with Gasteiger partial charge in [-0.15, -0.1) is 0 Å². The molecule has 0 aliphatic heterocycles. The number of hydrogen-bond acceptors (Lipinski definition) is 7. The summed E-state index contributed by atoms with van der Waals surface area (Å²) in [4.78, 5) is 48.4. The van der Waals surface area contributed by atoms with Crippen LogP contribution < -0.4 is 0 Å². The zero-order valence-corrected chi connectivity index (χ0v) is 19.2. The summed E-state index contributed by atoms with van der Waals surface area (Å²) >= 11 is 0. The highest BCUT2D eigenvalue weighted by Gasteiger charge is 2.68. The van der Waals surface area contributed by atoms with Gasteiger partial charge in [-0.2, -0.15) is 0 Å². The molecule has 0 heterocycles. The van der Waals surface area contributed by atoms with Crippen LogP contribution >= 0.6 is 0 Å². The fourth-order valence-electron chi connectivity index (χ4n) is 7.36. The largest absolute Gasteiger partial charge is 0.462 e. The molecule has 0 aromatic carbocycles. The van der Waals surface area contributed by atoms with E-state index in [1.807, 2.05) is 13.0 Å². The summed E-state index contributed by atoms with van der Waals surface area (Å²) in [6, 6.07) is 0. The highest BCUT2D eigenvalue weighted by Crippen LogP contribution is 2.67. The summed E-state index contributed by atoms with van der Waals surface area (Å²) in [6.45, 7) is 6.16. The molecule has 7 heteroatoms. The fourth-order valence-corrected chi connectivity index (χ4v) is 7.36. The number of hydrogen-bond donors (Lipinski definition) is 1. The highest BCUT2D eigenvalue weighted by atomic mass is 16.5. The standard InChI is InChI=1S/C25H32O7/c1-14(26)31-13-21(29)25(30)10-8-19-18-6-5-16-11-17(28)7-9-23(16,3)22(18)20(32-15(2)27)12-24(19,25)4/h7,9,11,18-20,22,30H,5-6,8,10,12-13H2,1-4H3/t18?,19?,20?,22?,23?,24?,25-/m0/s1. The third-order valence-electron chi connectivity index (χ3n) is 8.81. The van der Waals surface area contributed by atoms with E-state index >= 15 is 0 Å². The molecule has 7 atom stereocenters. The summed E-state index contributed by atoms with van der Waals surface area (Å²) in [5.41, 5.74) is -1.81. The Morgan fingerprint density at radius 1 is 1.16 bits per heavy atom. The van der Waals surface area contributed by atoms with Crippen molar-refractivity contribution in [2.75, 3.05) is 6.61 Å². The Bertz CT molecular complexity index is 933. The number of ether oxygens (including phenoxy) is 2. The van der Waals surface area contributed by atoms with Crippen LogP contribution in [0.2, 0.25) is 0 Å². The maximum atomic E-state index is 13.1. The van der Waals surface area contributed by atoms with Crippen LogP contribution in [0.3, 0.4) is 0 Å². The molecule has 7 nitrogen and oxygen atoms in total. The number of carbonyl (C=O) groups is 4. The van der Waals surface area contributed by atoms with E-state index in [2.05, 4.69) is 6.92 Å². The molecule has 0 amide bonds. The Labute approximate surface area is 188 Å². The lowest BCUT2D eigenvalue weighted by Gasteiger charge is -2.60. The minimum absolute atomic E-state index is 0.0214. The first-order valence-corrected chi connectivity index (χ1v) is 11.4. The van der Waals surface area contributed by atoms with Crippen LogP contribution in [0.25, 0.3) is 0 Å². The Hall–Kier alpha value is -2.28. The average molecular weight is 445 g/mol. The SMILES string of the molecule is CC(=O)OCC(=O)[C@@]1(O)CCC2C3CCC4=CC(=O)C=CC4(C)C3C(OC(C)=O)CC21C. The number of Topliss-reactive ketones (excluding diaryl/α,β-unsaturated/α-hetero) is 1. The minimum atomic E-state index is -1.65. The van der Waals surface area contributed by atoms with E-state index in [1.165, 1.54) is 13.8 Å². The van der Waals surface area contributed by atoms with E-state index in [4.69, 9.17) is 9.47 Å². The molecule has 0 saturated heterocycles. The molecule has 4 aliphatic carbocycles. The summed E-state index contributed by atoms with van der Waals surface area (Å²) in [7, 11) is 0. The van der Waals surface area contributed by atoms with Gasteiger partial charge in [-0.25, -0.2) is 0 Å². The molecule has 1 N–H and O–H groups in total. The smallest absolute Gasteiger partial charge is 0.303 e. The number of ketones is 2. The molecular weight excluding hydrogens is 412 g/mol. The molecule has 0 spiro atoms. The third kappa shape index (κ3) is 3.28. The lowest BCUT2D eigenvalue weighted by Crippen LogP contribution is -2.62. The van der Waals surface area contributed by atoms with Gasteiger partial charge in [-0.1, -0.05) is 25.5 Å². The molecule has 0 bridgehead atoms. The van der Waals surface area contributed by atoms with Gasteiger partial charge in [-0.05, 0) is 56.1 Å². The van der Waals surface area contributed by atoms with Crippen LogP contribution in [-0.4, -0.2) is 46.9 Å². The molecule has 3 fully saturated rings. The Balaban J connectivity index is 1.73. The normalized spacial score (nSPS) is 42.3. The van der Waals surface area contributed by atoms with Gasteiger partial charge < -0.3 is 14.6 Å². The number of aliphatic hydroxyl groups is 1. The van der Waals surface area contributed by atoms with Crippen molar-refractivity contribution >= 4 is 23.5 Å². The van der Waals surface area contributed by atoms with Gasteiger partial charge in [-0.3, -0.25) is 19.2 Å². The topological polar surface area (TPSA) is 107 Å². The van der Waals surface area contributed by atoms with Gasteiger partial charge in [0.2, 0.25) is 5.78 Å². The molecule has 0 aromatic heterocycles. The Morgan fingerprint density at radius 2 is 1.88 bits per heavy atom. The maximum absolute atomic E-state index is 13.1. The molecule has 0 radical (unpaired) electrons. The van der Waals surface area contributed by atoms with Gasteiger partial charge >= 0.3 is 11.9 Å². The predicted molar refractivity (Wildman–Crippen MR) is 114 cm³/mol. The number of rotatable bonds is 4. The molecule has 0 aromatic rings. The zero-order chi connectivity index (χ0) is 23.5. The molecule has 3 saturated carbocycles. The van der Waals surface area contributed by atoms with Crippen LogP contribution in [0.15, 0.2) is 23.8 Å². The fraction of sp³-hybridized carbons (Fsp3) is 0.680. The van der Waals surface area contributed by atoms with Crippen molar-refractivity contribution in [1.29, 1.82) is 0 Å². The molecule has 4 aliphatic rings. The quantitative estimate of drug-likeness (QED) is 0.664. The molecule has 6 unspecified atom stereocenters. The van der Waals surface area contributed by atoms with E-state index in [0.717, 1.165) is 18.4 Å². The number of carbonyl (C=O) groups excluding carboxylic acids is 4. The number of fused-ring (bicyclic) bond motifs is 5. The van der Waals surface area contributed by atoms with Crippen LogP contribution in [0.5, 0.6) is 0 Å². The van der Waals surface area contributed by atoms with Crippen LogP contribution in [-0.2, 0) is 28.7 Å². The molecule has 32 heavy (non-hydrogen) atoms. The third-order valence-corrected chi connectivity index (χ3v) is 8.81. The van der Waals surface area contributed by atoms with E-state index in [1.54, 1.807) is 12.2 Å². The van der Waals surface area contributed by atoms with E-state index in [9.17, 15) is 24.3 Å². The summed E-state index contributed by atoms with van der Waals surface area (Å²) in [6.07, 6.45) is 7.62. The Morgan fingerprint density at radius 3 is 2.53 bits per heavy atom. The monoisotopic (exact) mass is 444 g/mol. The van der Waals surface area contributed by atoms with Crippen molar-refractivity contribution in [1.82, 2.24) is 0 Å². The van der Waals surface area contributed by atoms with Crippen LogP contribution in [0.4, 0.5) is 0 Å². The highest BCUT2D eigenvalue weighted by molar-refractivity contribution is 6.01. The van der Waals surface area contributed by atoms with Gasteiger partial charge in [0.05, 0.1) is 0 Å². The van der Waals surface area contributed by atoms with Crippen molar-refractivity contribution < 1.29 is 33.8 Å². The lowest BCUT2D eigenvalue weighted by molar-refractivity contribution is -0.192. The minimum Gasteiger partial charge on any atom is -0.462 e. The lowest BCUT2D eigenvalue weighted by atomic mass is 9.46. The van der Waals surface area contributed by atoms with Gasteiger partial charge in [0, 0.05) is 30.6 Å². The predicted octanol–water partition coefficient (Wildman–Crippen LogP) is 2.70. The second kappa shape index (κ2) is 7.65. The van der Waals surface area contributed by atoms with Crippen LogP contribution in [0, 0.1) is 28.6 Å². The van der Waals surface area contributed by atoms with E-state index < -0.39 is 46.9 Å².